The van der Waals surface area contributed by atoms with E-state index in [9.17, 15) is 4.79 Å². The molecule has 3 rings (SSSR count). The van der Waals surface area contributed by atoms with Crippen molar-refractivity contribution >= 4 is 5.97 Å². The van der Waals surface area contributed by atoms with E-state index in [4.69, 9.17) is 4.74 Å². The normalized spacial score (nSPS) is 10.5. The van der Waals surface area contributed by atoms with Crippen molar-refractivity contribution in [3.63, 3.8) is 0 Å². The van der Waals surface area contributed by atoms with Gasteiger partial charge in [-0.3, -0.25) is 0 Å². The second kappa shape index (κ2) is 6.44. The van der Waals surface area contributed by atoms with Gasteiger partial charge in [-0.1, -0.05) is 30.3 Å². The first-order valence-corrected chi connectivity index (χ1v) is 7.34. The molecule has 1 aromatic carbocycles. The molecule has 0 aliphatic rings. The maximum absolute atomic E-state index is 12.1. The fourth-order valence-corrected chi connectivity index (χ4v) is 2.30. The van der Waals surface area contributed by atoms with Crippen LogP contribution in [-0.4, -0.2) is 20.7 Å². The van der Waals surface area contributed by atoms with Crippen LogP contribution in [0.3, 0.4) is 0 Å². The molecule has 0 spiro atoms. The summed E-state index contributed by atoms with van der Waals surface area (Å²) < 4.78 is 7.03. The van der Waals surface area contributed by atoms with Crippen molar-refractivity contribution in [2.45, 2.75) is 20.5 Å². The molecule has 116 valence electrons. The molecule has 2 heterocycles. The molecule has 5 nitrogen and oxygen atoms in total. The van der Waals surface area contributed by atoms with Gasteiger partial charge in [-0.15, -0.1) is 0 Å². The Bertz CT molecular complexity index is 808. The van der Waals surface area contributed by atoms with Crippen molar-refractivity contribution in [2.24, 2.45) is 0 Å². The van der Waals surface area contributed by atoms with E-state index in [1.54, 1.807) is 16.8 Å². The third kappa shape index (κ3) is 3.45. The number of ether oxygens (including phenoxy) is 1. The molecule has 0 radical (unpaired) electrons. The van der Waals surface area contributed by atoms with Crippen LogP contribution < -0.4 is 0 Å². The first kappa shape index (κ1) is 15.0. The third-order valence-corrected chi connectivity index (χ3v) is 3.42. The van der Waals surface area contributed by atoms with E-state index in [0.29, 0.717) is 11.4 Å². The molecule has 0 N–H and O–H groups in total. The molecule has 0 saturated carbocycles. The van der Waals surface area contributed by atoms with Crippen LogP contribution in [0.15, 0.2) is 54.7 Å². The molecule has 0 amide bonds. The molecule has 5 heteroatoms. The van der Waals surface area contributed by atoms with Crippen molar-refractivity contribution in [3.8, 4) is 5.82 Å². The van der Waals surface area contributed by atoms with Gasteiger partial charge in [0.15, 0.2) is 5.82 Å². The summed E-state index contributed by atoms with van der Waals surface area (Å²) in [5.74, 6) is 0.288. The SMILES string of the molecule is Cc1cc(C)n(-c2ccc(C(=O)OCc3ccccc3)cn2)n1. The number of carbonyl (C=O) groups excluding carboxylic acids is 1. The Balaban J connectivity index is 1.69. The van der Waals surface area contributed by atoms with Gasteiger partial charge in [0.25, 0.3) is 0 Å². The molecule has 0 bridgehead atoms. The Kier molecular flexibility index (Phi) is 4.19. The monoisotopic (exact) mass is 307 g/mol. The van der Waals surface area contributed by atoms with Crippen LogP contribution >= 0.6 is 0 Å². The lowest BCUT2D eigenvalue weighted by Crippen LogP contribution is -2.07. The summed E-state index contributed by atoms with van der Waals surface area (Å²) in [6.45, 7) is 4.14. The molecular weight excluding hydrogens is 290 g/mol. The lowest BCUT2D eigenvalue weighted by atomic mass is 10.2. The molecule has 23 heavy (non-hydrogen) atoms. The number of nitrogens with zero attached hydrogens (tertiary/aromatic N) is 3. The Morgan fingerprint density at radius 3 is 2.52 bits per heavy atom. The van der Waals surface area contributed by atoms with Crippen molar-refractivity contribution in [1.82, 2.24) is 14.8 Å². The number of esters is 1. The lowest BCUT2D eigenvalue weighted by Gasteiger charge is -2.06. The van der Waals surface area contributed by atoms with Crippen LogP contribution in [0, 0.1) is 13.8 Å². The minimum Gasteiger partial charge on any atom is -0.457 e. The number of aryl methyl sites for hydroxylation is 2. The Hall–Kier alpha value is -2.95. The summed E-state index contributed by atoms with van der Waals surface area (Å²) in [6.07, 6.45) is 1.51. The Morgan fingerprint density at radius 1 is 1.13 bits per heavy atom. The van der Waals surface area contributed by atoms with Crippen LogP contribution in [0.1, 0.15) is 27.3 Å². The van der Waals surface area contributed by atoms with Gasteiger partial charge in [-0.25, -0.2) is 14.5 Å². The van der Waals surface area contributed by atoms with E-state index in [2.05, 4.69) is 10.1 Å². The fourth-order valence-electron chi connectivity index (χ4n) is 2.30. The largest absolute Gasteiger partial charge is 0.457 e. The Labute approximate surface area is 134 Å². The molecule has 0 saturated heterocycles. The maximum atomic E-state index is 12.1. The van der Waals surface area contributed by atoms with E-state index < -0.39 is 0 Å². The fraction of sp³-hybridized carbons (Fsp3) is 0.167. The maximum Gasteiger partial charge on any atom is 0.340 e. The minimum absolute atomic E-state index is 0.249. The average Bonchev–Trinajstić information content (AvgIpc) is 2.92. The van der Waals surface area contributed by atoms with Gasteiger partial charge in [0.2, 0.25) is 0 Å². The molecule has 0 aliphatic heterocycles. The van der Waals surface area contributed by atoms with E-state index in [-0.39, 0.29) is 12.6 Å². The predicted molar refractivity (Wildman–Crippen MR) is 86.4 cm³/mol. The second-order valence-electron chi connectivity index (χ2n) is 5.31. The predicted octanol–water partition coefficient (Wildman–Crippen LogP) is 3.24. The van der Waals surface area contributed by atoms with Gasteiger partial charge in [0.1, 0.15) is 6.61 Å². The molecule has 0 aliphatic carbocycles. The number of pyridine rings is 1. The number of hydrogen-bond acceptors (Lipinski definition) is 4. The van der Waals surface area contributed by atoms with E-state index in [1.807, 2.05) is 50.2 Å². The summed E-state index contributed by atoms with van der Waals surface area (Å²) in [5.41, 5.74) is 3.30. The highest BCUT2D eigenvalue weighted by Gasteiger charge is 2.10. The first-order valence-electron chi connectivity index (χ1n) is 7.34. The summed E-state index contributed by atoms with van der Waals surface area (Å²) in [4.78, 5) is 16.4. The number of hydrogen-bond donors (Lipinski definition) is 0. The topological polar surface area (TPSA) is 57.0 Å². The summed E-state index contributed by atoms with van der Waals surface area (Å²) in [7, 11) is 0. The third-order valence-electron chi connectivity index (χ3n) is 3.42. The number of aromatic nitrogens is 3. The van der Waals surface area contributed by atoms with Crippen LogP contribution in [0.5, 0.6) is 0 Å². The Morgan fingerprint density at radius 2 is 1.91 bits per heavy atom. The molecule has 0 atom stereocenters. The van der Waals surface area contributed by atoms with Gasteiger partial charge in [-0.05, 0) is 37.6 Å². The van der Waals surface area contributed by atoms with Crippen LogP contribution in [0.25, 0.3) is 5.82 Å². The summed E-state index contributed by atoms with van der Waals surface area (Å²) in [5, 5.41) is 4.37. The lowest BCUT2D eigenvalue weighted by molar-refractivity contribution is 0.0472. The van der Waals surface area contributed by atoms with Crippen molar-refractivity contribution in [2.75, 3.05) is 0 Å². The van der Waals surface area contributed by atoms with Crippen molar-refractivity contribution < 1.29 is 9.53 Å². The highest BCUT2D eigenvalue weighted by molar-refractivity contribution is 5.89. The molecule has 2 aromatic heterocycles. The average molecular weight is 307 g/mol. The van der Waals surface area contributed by atoms with Gasteiger partial charge in [0, 0.05) is 11.9 Å². The van der Waals surface area contributed by atoms with Gasteiger partial charge < -0.3 is 4.74 Å². The smallest absolute Gasteiger partial charge is 0.340 e. The molecule has 0 unspecified atom stereocenters. The number of carbonyl (C=O) groups is 1. The highest BCUT2D eigenvalue weighted by atomic mass is 16.5. The molecule has 3 aromatic rings. The number of rotatable bonds is 4. The van der Waals surface area contributed by atoms with Crippen molar-refractivity contribution in [1.29, 1.82) is 0 Å². The van der Waals surface area contributed by atoms with E-state index in [1.165, 1.54) is 6.20 Å². The van der Waals surface area contributed by atoms with Gasteiger partial charge in [0.05, 0.1) is 11.3 Å². The van der Waals surface area contributed by atoms with Crippen LogP contribution in [0.4, 0.5) is 0 Å². The van der Waals surface area contributed by atoms with Gasteiger partial charge in [-0.2, -0.15) is 5.10 Å². The zero-order chi connectivity index (χ0) is 16.2. The van der Waals surface area contributed by atoms with Crippen LogP contribution in [-0.2, 0) is 11.3 Å². The number of benzene rings is 1. The first-order chi connectivity index (χ1) is 11.1. The minimum atomic E-state index is -0.388. The zero-order valence-corrected chi connectivity index (χ0v) is 13.1. The van der Waals surface area contributed by atoms with Crippen LogP contribution in [0.2, 0.25) is 0 Å². The second-order valence-corrected chi connectivity index (χ2v) is 5.31. The molecular formula is C18H17N3O2. The van der Waals surface area contributed by atoms with E-state index >= 15 is 0 Å². The van der Waals surface area contributed by atoms with E-state index in [0.717, 1.165) is 17.0 Å². The van der Waals surface area contributed by atoms with Gasteiger partial charge >= 0.3 is 5.97 Å². The standard InChI is InChI=1S/C18H17N3O2/c1-13-10-14(2)21(20-13)17-9-8-16(11-19-17)18(22)23-12-15-6-4-3-5-7-15/h3-11H,12H2,1-2H3. The summed E-state index contributed by atoms with van der Waals surface area (Å²) in [6, 6.07) is 15.0. The molecule has 0 fully saturated rings. The van der Waals surface area contributed by atoms with Crippen molar-refractivity contribution in [3.05, 3.63) is 77.2 Å². The summed E-state index contributed by atoms with van der Waals surface area (Å²) >= 11 is 0. The quantitative estimate of drug-likeness (QED) is 0.694. The zero-order valence-electron chi connectivity index (χ0n) is 13.1. The highest BCUT2D eigenvalue weighted by Crippen LogP contribution is 2.11.